The molecule has 0 bridgehead atoms. The first kappa shape index (κ1) is 27.7. The largest absolute Gasteiger partial charge is 0.494 e. The lowest BCUT2D eigenvalue weighted by Gasteiger charge is -2.17. The van der Waals surface area contributed by atoms with Crippen molar-refractivity contribution >= 4 is 51.5 Å². The minimum atomic E-state index is -4.68. The fraction of sp³-hybridized carbons (Fsp3) is 0.200. The number of rotatable bonds is 5. The number of nitrogens with zero attached hydrogens (tertiary/aromatic N) is 5. The highest BCUT2D eigenvalue weighted by Crippen LogP contribution is 2.36. The number of aromatic nitrogens is 4. The number of thiazole rings is 1. The molecule has 2 amide bonds. The van der Waals surface area contributed by atoms with Gasteiger partial charge in [0.05, 0.1) is 53.1 Å². The number of aryl methyl sites for hydroxylation is 1. The topological polar surface area (TPSA) is 110 Å². The standard InChI is InChI=1S/C25H17Cl2F3N6O3S/c1-11-3-12(13-4-21(27)33-8-18(13)39-2)14(6-31-11)22(37)35-24-34-17-9-36(10-19(17)40-24)23(38)15-7-32-20(5-16(15)26)25(28,29)30/h3-8H,9-10H2,1-2H3,(H,34,35,37). The molecule has 0 fully saturated rings. The maximum atomic E-state index is 13.3. The number of hydrogen-bond donors (Lipinski definition) is 1. The van der Waals surface area contributed by atoms with E-state index in [0.717, 1.165) is 6.20 Å². The summed E-state index contributed by atoms with van der Waals surface area (Å²) in [6.45, 7) is 2.01. The van der Waals surface area contributed by atoms with Gasteiger partial charge in [-0.15, -0.1) is 0 Å². The van der Waals surface area contributed by atoms with Crippen LogP contribution in [0.1, 0.15) is 42.7 Å². The molecular weight excluding hydrogens is 592 g/mol. The van der Waals surface area contributed by atoms with Crippen LogP contribution in [0, 0.1) is 6.92 Å². The van der Waals surface area contributed by atoms with Gasteiger partial charge in [0.1, 0.15) is 16.6 Å². The Balaban J connectivity index is 1.33. The Kier molecular flexibility index (Phi) is 7.38. The molecule has 1 aliphatic rings. The summed E-state index contributed by atoms with van der Waals surface area (Å²) in [5, 5.41) is 2.95. The summed E-state index contributed by atoms with van der Waals surface area (Å²) in [6, 6.07) is 3.94. The molecule has 0 radical (unpaired) electrons. The number of hydrogen-bond acceptors (Lipinski definition) is 8. The van der Waals surface area contributed by atoms with E-state index in [1.807, 2.05) is 0 Å². The van der Waals surface area contributed by atoms with Crippen LogP contribution in [0.5, 0.6) is 5.75 Å². The molecule has 0 unspecified atom stereocenters. The van der Waals surface area contributed by atoms with Gasteiger partial charge in [-0.2, -0.15) is 13.2 Å². The molecular formula is C25H17Cl2F3N6O3S. The Morgan fingerprint density at radius 1 is 1.02 bits per heavy atom. The minimum absolute atomic E-state index is 0.0853. The number of alkyl halides is 3. The van der Waals surface area contributed by atoms with Crippen molar-refractivity contribution in [3.05, 3.63) is 80.1 Å². The molecule has 0 aliphatic carbocycles. The Morgan fingerprint density at radius 3 is 2.45 bits per heavy atom. The SMILES string of the molecule is COc1cnc(Cl)cc1-c1cc(C)ncc1C(=O)Nc1nc2c(s1)CN(C(=O)c1cnc(C(F)(F)F)cc1Cl)C2. The van der Waals surface area contributed by atoms with E-state index in [2.05, 4.69) is 25.3 Å². The van der Waals surface area contributed by atoms with E-state index < -0.39 is 23.7 Å². The van der Waals surface area contributed by atoms with Gasteiger partial charge in [-0.25, -0.2) is 9.97 Å². The lowest BCUT2D eigenvalue weighted by atomic mass is 10.0. The second kappa shape index (κ2) is 10.6. The second-order valence-electron chi connectivity index (χ2n) is 8.63. The van der Waals surface area contributed by atoms with Crippen molar-refractivity contribution in [1.82, 2.24) is 24.8 Å². The maximum absolute atomic E-state index is 13.3. The van der Waals surface area contributed by atoms with E-state index in [0.29, 0.717) is 44.3 Å². The van der Waals surface area contributed by atoms with Crippen molar-refractivity contribution in [2.75, 3.05) is 12.4 Å². The lowest BCUT2D eigenvalue weighted by Crippen LogP contribution is -2.26. The zero-order chi connectivity index (χ0) is 28.8. The minimum Gasteiger partial charge on any atom is -0.494 e. The van der Waals surface area contributed by atoms with Gasteiger partial charge in [0.2, 0.25) is 0 Å². The molecule has 1 aliphatic heterocycles. The molecule has 0 aromatic carbocycles. The van der Waals surface area contributed by atoms with Crippen LogP contribution in [0.3, 0.4) is 0 Å². The van der Waals surface area contributed by atoms with Gasteiger partial charge in [-0.1, -0.05) is 34.5 Å². The first-order valence-corrected chi connectivity index (χ1v) is 13.0. The second-order valence-corrected chi connectivity index (χ2v) is 10.5. The van der Waals surface area contributed by atoms with E-state index in [-0.39, 0.29) is 34.4 Å². The summed E-state index contributed by atoms with van der Waals surface area (Å²) in [5.74, 6) is -0.631. The third kappa shape index (κ3) is 5.44. The molecule has 0 atom stereocenters. The summed E-state index contributed by atoms with van der Waals surface area (Å²) in [6.07, 6.45) is -0.962. The van der Waals surface area contributed by atoms with E-state index in [1.54, 1.807) is 19.1 Å². The molecule has 5 heterocycles. The van der Waals surface area contributed by atoms with Crippen molar-refractivity contribution in [2.24, 2.45) is 0 Å². The third-order valence-electron chi connectivity index (χ3n) is 5.96. The Morgan fingerprint density at radius 2 is 1.77 bits per heavy atom. The van der Waals surface area contributed by atoms with Crippen molar-refractivity contribution < 1.29 is 27.5 Å². The van der Waals surface area contributed by atoms with Crippen LogP contribution < -0.4 is 10.1 Å². The highest BCUT2D eigenvalue weighted by atomic mass is 35.5. The summed E-state index contributed by atoms with van der Waals surface area (Å²) < 4.78 is 44.0. The molecule has 1 N–H and O–H groups in total. The number of carbonyl (C=O) groups excluding carboxylic acids is 2. The Hall–Kier alpha value is -3.81. The molecule has 9 nitrogen and oxygen atoms in total. The predicted octanol–water partition coefficient (Wildman–Crippen LogP) is 6.05. The van der Waals surface area contributed by atoms with Crippen LogP contribution in [0.15, 0.2) is 36.8 Å². The van der Waals surface area contributed by atoms with Crippen molar-refractivity contribution in [3.63, 3.8) is 0 Å². The first-order valence-electron chi connectivity index (χ1n) is 11.4. The number of ether oxygens (including phenoxy) is 1. The van der Waals surface area contributed by atoms with Crippen LogP contribution in [0.2, 0.25) is 10.2 Å². The predicted molar refractivity (Wildman–Crippen MR) is 142 cm³/mol. The Labute approximate surface area is 239 Å². The van der Waals surface area contributed by atoms with Gasteiger partial charge in [0, 0.05) is 29.2 Å². The number of halogens is 5. The summed E-state index contributed by atoms with van der Waals surface area (Å²) in [7, 11) is 1.48. The molecule has 0 spiro atoms. The summed E-state index contributed by atoms with van der Waals surface area (Å²) in [4.78, 5) is 44.3. The van der Waals surface area contributed by atoms with Gasteiger partial charge in [0.25, 0.3) is 11.8 Å². The highest BCUT2D eigenvalue weighted by molar-refractivity contribution is 7.16. The first-order chi connectivity index (χ1) is 18.9. The normalized spacial score (nSPS) is 12.8. The molecule has 0 saturated heterocycles. The van der Waals surface area contributed by atoms with Crippen molar-refractivity contribution in [3.8, 4) is 16.9 Å². The molecule has 4 aromatic heterocycles. The third-order valence-corrected chi connectivity index (χ3v) is 7.48. The monoisotopic (exact) mass is 608 g/mol. The number of amides is 2. The average Bonchev–Trinajstić information content (AvgIpc) is 3.46. The van der Waals surface area contributed by atoms with Crippen LogP contribution in [-0.2, 0) is 19.3 Å². The number of carbonyl (C=O) groups is 2. The molecule has 206 valence electrons. The smallest absolute Gasteiger partial charge is 0.433 e. The Bertz CT molecular complexity index is 1640. The van der Waals surface area contributed by atoms with Crippen molar-refractivity contribution in [2.45, 2.75) is 26.2 Å². The summed E-state index contributed by atoms with van der Waals surface area (Å²) >= 11 is 13.2. The molecule has 15 heteroatoms. The van der Waals surface area contributed by atoms with Gasteiger partial charge < -0.3 is 9.64 Å². The lowest BCUT2D eigenvalue weighted by molar-refractivity contribution is -0.141. The fourth-order valence-electron chi connectivity index (χ4n) is 4.07. The van der Waals surface area contributed by atoms with E-state index >= 15 is 0 Å². The van der Waals surface area contributed by atoms with Gasteiger partial charge >= 0.3 is 6.18 Å². The number of anilines is 1. The average molecular weight is 609 g/mol. The van der Waals surface area contributed by atoms with Crippen LogP contribution in [-0.4, -0.2) is 43.8 Å². The van der Waals surface area contributed by atoms with Crippen molar-refractivity contribution in [1.29, 1.82) is 0 Å². The number of fused-ring (bicyclic) bond motifs is 1. The number of nitrogens with one attached hydrogen (secondary N) is 1. The molecule has 5 rings (SSSR count). The zero-order valence-electron chi connectivity index (χ0n) is 20.6. The van der Waals surface area contributed by atoms with E-state index in [4.69, 9.17) is 27.9 Å². The van der Waals surface area contributed by atoms with Gasteiger partial charge in [-0.05, 0) is 25.1 Å². The quantitative estimate of drug-likeness (QED) is 0.275. The molecule has 40 heavy (non-hydrogen) atoms. The molecule has 0 saturated carbocycles. The fourth-order valence-corrected chi connectivity index (χ4v) is 5.44. The van der Waals surface area contributed by atoms with Gasteiger partial charge in [0.15, 0.2) is 5.13 Å². The zero-order valence-corrected chi connectivity index (χ0v) is 23.0. The van der Waals surface area contributed by atoms with E-state index in [1.165, 1.54) is 35.7 Å². The van der Waals surface area contributed by atoms with Gasteiger partial charge in [-0.3, -0.25) is 24.9 Å². The van der Waals surface area contributed by atoms with Crippen LogP contribution >= 0.6 is 34.5 Å². The van der Waals surface area contributed by atoms with E-state index in [9.17, 15) is 22.8 Å². The van der Waals surface area contributed by atoms with Crippen LogP contribution in [0.25, 0.3) is 11.1 Å². The summed E-state index contributed by atoms with van der Waals surface area (Å²) in [5.41, 5.74) is 1.23. The molecule has 4 aromatic rings. The number of methoxy groups -OCH3 is 1. The maximum Gasteiger partial charge on any atom is 0.433 e. The highest BCUT2D eigenvalue weighted by Gasteiger charge is 2.35. The van der Waals surface area contributed by atoms with Crippen LogP contribution in [0.4, 0.5) is 18.3 Å². The number of pyridine rings is 3.